The number of ether oxygens (including phenoxy) is 1. The SMILES string of the molecule is Cc1c([C@@H](O)CN2CCN(C(=O)C3CCc4cc(N5N=NN=I5)ncc43)CC2)ccc2c1COC2=O. The number of pyridine rings is 1. The lowest BCUT2D eigenvalue weighted by molar-refractivity contribution is -0.134. The van der Waals surface area contributed by atoms with E-state index in [1.165, 1.54) is 0 Å². The van der Waals surface area contributed by atoms with Gasteiger partial charge in [-0.3, -0.25) is 9.69 Å². The van der Waals surface area contributed by atoms with Crippen LogP contribution < -0.4 is 3.22 Å². The number of rotatable bonds is 5. The highest BCUT2D eigenvalue weighted by atomic mass is 127. The quantitative estimate of drug-likeness (QED) is 0.317. The third kappa shape index (κ3) is 4.20. The van der Waals surface area contributed by atoms with Crippen molar-refractivity contribution in [2.45, 2.75) is 38.4 Å². The first kappa shape index (κ1) is 23.6. The molecule has 11 nitrogen and oxygen atoms in total. The zero-order chi connectivity index (χ0) is 24.8. The van der Waals surface area contributed by atoms with Gasteiger partial charge in [-0.15, -0.1) is 0 Å². The average molecular weight is 603 g/mol. The van der Waals surface area contributed by atoms with E-state index >= 15 is 0 Å². The molecule has 0 bridgehead atoms. The fraction of sp³-hybridized carbons (Fsp3) is 0.458. The molecule has 1 saturated heterocycles. The number of benzene rings is 1. The number of aryl methyl sites for hydroxylation is 1. The van der Waals surface area contributed by atoms with Gasteiger partial charge >= 0.3 is 5.97 Å². The Morgan fingerprint density at radius 3 is 2.89 bits per heavy atom. The first-order valence-electron chi connectivity index (χ1n) is 12.0. The van der Waals surface area contributed by atoms with Gasteiger partial charge < -0.3 is 14.7 Å². The molecule has 1 fully saturated rings. The number of amides is 1. The van der Waals surface area contributed by atoms with Crippen LogP contribution in [-0.2, 0) is 22.6 Å². The van der Waals surface area contributed by atoms with Crippen LogP contribution in [0.25, 0.3) is 0 Å². The number of anilines is 1. The highest BCUT2D eigenvalue weighted by Gasteiger charge is 2.34. The fourth-order valence-electron chi connectivity index (χ4n) is 5.48. The molecule has 0 spiro atoms. The van der Waals surface area contributed by atoms with Crippen LogP contribution in [0.5, 0.6) is 0 Å². The average Bonchev–Trinajstić information content (AvgIpc) is 3.64. The summed E-state index contributed by atoms with van der Waals surface area (Å²) >= 11 is -0.631. The van der Waals surface area contributed by atoms with Crippen molar-refractivity contribution in [1.82, 2.24) is 14.8 Å². The summed E-state index contributed by atoms with van der Waals surface area (Å²) in [6.07, 6.45) is 2.80. The highest BCUT2D eigenvalue weighted by molar-refractivity contribution is 14.2. The number of aromatic nitrogens is 1. The van der Waals surface area contributed by atoms with E-state index < -0.39 is 27.4 Å². The number of hydrogen-bond acceptors (Lipinski definition) is 10. The maximum Gasteiger partial charge on any atom is 0.338 e. The summed E-state index contributed by atoms with van der Waals surface area (Å²) in [5.41, 5.74) is 5.37. The van der Waals surface area contributed by atoms with E-state index in [0.29, 0.717) is 38.3 Å². The largest absolute Gasteiger partial charge is 0.457 e. The summed E-state index contributed by atoms with van der Waals surface area (Å²) in [6.45, 7) is 5.36. The van der Waals surface area contributed by atoms with Crippen LogP contribution in [0.15, 0.2) is 38.1 Å². The van der Waals surface area contributed by atoms with Gasteiger partial charge in [0.1, 0.15) is 6.61 Å². The van der Waals surface area contributed by atoms with E-state index in [2.05, 4.69) is 23.6 Å². The summed E-state index contributed by atoms with van der Waals surface area (Å²) in [5, 5.41) is 18.6. The Labute approximate surface area is 218 Å². The number of carbonyl (C=O) groups is 2. The lowest BCUT2D eigenvalue weighted by Gasteiger charge is -2.37. The molecule has 1 aliphatic carbocycles. The van der Waals surface area contributed by atoms with Crippen molar-refractivity contribution < 1.29 is 19.4 Å². The normalized spacial score (nSPS) is 21.8. The zero-order valence-corrected chi connectivity index (χ0v) is 22.0. The molecule has 6 rings (SSSR count). The lowest BCUT2D eigenvalue weighted by Crippen LogP contribution is -2.50. The number of piperazine rings is 1. The van der Waals surface area contributed by atoms with Crippen molar-refractivity contribution in [2.75, 3.05) is 35.9 Å². The maximum atomic E-state index is 13.4. The number of cyclic esters (lactones) is 1. The number of halogens is 1. The first-order valence-corrected chi connectivity index (χ1v) is 14.0. The zero-order valence-electron chi connectivity index (χ0n) is 19.8. The predicted molar refractivity (Wildman–Crippen MR) is 137 cm³/mol. The van der Waals surface area contributed by atoms with Gasteiger partial charge in [-0.05, 0) is 64.6 Å². The monoisotopic (exact) mass is 603 g/mol. The van der Waals surface area contributed by atoms with E-state index in [0.717, 1.165) is 46.5 Å². The molecule has 2 atom stereocenters. The van der Waals surface area contributed by atoms with Crippen LogP contribution in [0.4, 0.5) is 5.82 Å². The minimum absolute atomic E-state index is 0.155. The molecular weight excluding hydrogens is 577 g/mol. The molecular formula is C24H26IN7O4. The molecule has 1 unspecified atom stereocenters. The number of nitrogens with zero attached hydrogens (tertiary/aromatic N) is 7. The van der Waals surface area contributed by atoms with Crippen molar-refractivity contribution in [2.24, 2.45) is 13.7 Å². The molecule has 1 aromatic heterocycles. The molecule has 0 saturated carbocycles. The van der Waals surface area contributed by atoms with Gasteiger partial charge in [0.2, 0.25) is 5.91 Å². The van der Waals surface area contributed by atoms with Crippen molar-refractivity contribution in [1.29, 1.82) is 0 Å². The minimum Gasteiger partial charge on any atom is -0.457 e. The molecule has 2 aromatic rings. The fourth-order valence-corrected chi connectivity index (χ4v) is 6.49. The summed E-state index contributed by atoms with van der Waals surface area (Å²) < 4.78 is 10.8. The van der Waals surface area contributed by atoms with Crippen molar-refractivity contribution >= 4 is 39.0 Å². The standard InChI is InChI=1S/C24H26IN7O4/c1-14-16(4-5-18-20(14)13-36-24(18)35)21(33)12-30-6-8-31(9-7-30)23(34)17-3-2-15-10-22(26-11-19(15)17)32-25-27-28-29-32/h4-5,10-11,17,21,33H,2-3,6-9,12-13H2,1H3/t17?,21-/m0/s1. The van der Waals surface area contributed by atoms with Crippen LogP contribution in [0.2, 0.25) is 0 Å². The topological polar surface area (TPSA) is 123 Å². The van der Waals surface area contributed by atoms with Gasteiger partial charge in [-0.1, -0.05) is 9.32 Å². The number of fused-ring (bicyclic) bond motifs is 2. The molecule has 4 heterocycles. The lowest BCUT2D eigenvalue weighted by atomic mass is 9.95. The Kier molecular flexibility index (Phi) is 6.25. The number of esters is 1. The second kappa shape index (κ2) is 9.56. The third-order valence-electron chi connectivity index (χ3n) is 7.51. The number of β-amino-alcohol motifs (C(OH)–C–C–N with tert-alkyl or cyclic N) is 1. The Hall–Kier alpha value is -2.84. The first-order chi connectivity index (χ1) is 17.5. The molecule has 188 valence electrons. The maximum absolute atomic E-state index is 13.4. The Balaban J connectivity index is 1.06. The van der Waals surface area contributed by atoms with Crippen molar-refractivity contribution in [3.63, 3.8) is 0 Å². The number of hydrogen-bond donors (Lipinski definition) is 1. The molecule has 36 heavy (non-hydrogen) atoms. The Bertz CT molecular complexity index is 1280. The highest BCUT2D eigenvalue weighted by Crippen LogP contribution is 2.37. The summed E-state index contributed by atoms with van der Waals surface area (Å²) in [7, 11) is 0. The van der Waals surface area contributed by atoms with Crippen LogP contribution in [-0.4, -0.2) is 64.5 Å². The van der Waals surface area contributed by atoms with Gasteiger partial charge in [-0.25, -0.2) is 9.78 Å². The molecule has 12 heteroatoms. The van der Waals surface area contributed by atoms with E-state index in [-0.39, 0.29) is 24.4 Å². The molecule has 3 aliphatic heterocycles. The third-order valence-corrected chi connectivity index (χ3v) is 9.00. The van der Waals surface area contributed by atoms with E-state index in [9.17, 15) is 14.7 Å². The predicted octanol–water partition coefficient (Wildman–Crippen LogP) is 3.14. The smallest absolute Gasteiger partial charge is 0.338 e. The van der Waals surface area contributed by atoms with Gasteiger partial charge in [0.15, 0.2) is 27.1 Å². The van der Waals surface area contributed by atoms with Gasteiger partial charge in [0.25, 0.3) is 0 Å². The molecule has 1 N–H and O–H groups in total. The molecule has 4 aliphatic rings. The number of carbonyl (C=O) groups excluding carboxylic acids is 2. The van der Waals surface area contributed by atoms with Crippen LogP contribution >= 0.6 is 21.3 Å². The van der Waals surface area contributed by atoms with Crippen LogP contribution in [0.1, 0.15) is 56.6 Å². The number of aliphatic hydroxyl groups is 1. The Morgan fingerprint density at radius 2 is 2.11 bits per heavy atom. The van der Waals surface area contributed by atoms with Gasteiger partial charge in [0.05, 0.1) is 17.6 Å². The van der Waals surface area contributed by atoms with Crippen LogP contribution in [0.3, 0.4) is 0 Å². The second-order valence-corrected chi connectivity index (χ2v) is 11.2. The summed E-state index contributed by atoms with van der Waals surface area (Å²) in [4.78, 5) is 33.8. The van der Waals surface area contributed by atoms with Crippen molar-refractivity contribution in [3.05, 3.63) is 57.8 Å². The van der Waals surface area contributed by atoms with Crippen LogP contribution in [0, 0.1) is 6.92 Å². The van der Waals surface area contributed by atoms with Crippen molar-refractivity contribution in [3.8, 4) is 0 Å². The Morgan fingerprint density at radius 1 is 1.28 bits per heavy atom. The van der Waals surface area contributed by atoms with Gasteiger partial charge in [-0.2, -0.15) is 3.22 Å². The molecule has 0 radical (unpaired) electrons. The number of aliphatic hydroxyl groups excluding tert-OH is 1. The van der Waals surface area contributed by atoms with E-state index in [1.54, 1.807) is 9.29 Å². The van der Waals surface area contributed by atoms with E-state index in [4.69, 9.17) is 4.74 Å². The molecule has 1 aromatic carbocycles. The minimum atomic E-state index is -0.666. The summed E-state index contributed by atoms with van der Waals surface area (Å²) in [5.74, 6) is 0.458. The second-order valence-electron chi connectivity index (χ2n) is 9.45. The summed E-state index contributed by atoms with van der Waals surface area (Å²) in [6, 6.07) is 5.59. The molecule has 1 amide bonds. The van der Waals surface area contributed by atoms with Gasteiger partial charge in [0, 0.05) is 44.5 Å². The van der Waals surface area contributed by atoms with E-state index in [1.807, 2.05) is 30.2 Å².